The summed E-state index contributed by atoms with van der Waals surface area (Å²) in [5.41, 5.74) is 0.984. The van der Waals surface area contributed by atoms with Crippen molar-refractivity contribution in [1.82, 2.24) is 15.2 Å². The highest BCUT2D eigenvalue weighted by atomic mass is 16.4. The zero-order chi connectivity index (χ0) is 15.4. The molecule has 1 fully saturated rings. The molecule has 0 radical (unpaired) electrons. The average molecular weight is 299 g/mol. The van der Waals surface area contributed by atoms with Crippen LogP contribution in [0.4, 0.5) is 4.79 Å². The largest absolute Gasteiger partial charge is 0.439 e. The number of nitrogens with zero attached hydrogens (tertiary/aromatic N) is 2. The molecule has 0 atom stereocenters. The fourth-order valence-electron chi connectivity index (χ4n) is 2.60. The lowest BCUT2D eigenvalue weighted by Crippen LogP contribution is -2.43. The number of amides is 2. The Morgan fingerprint density at radius 2 is 2.05 bits per heavy atom. The molecule has 5 heteroatoms. The first kappa shape index (κ1) is 14.6. The number of likely N-dealkylation sites (tertiary alicyclic amines) is 1. The Bertz CT molecular complexity index is 616. The van der Waals surface area contributed by atoms with E-state index < -0.39 is 0 Å². The number of urea groups is 1. The Morgan fingerprint density at radius 3 is 2.77 bits per heavy atom. The molecule has 1 saturated heterocycles. The Hall–Kier alpha value is -2.30. The first-order valence-electron chi connectivity index (χ1n) is 7.75. The second-order valence-electron chi connectivity index (χ2n) is 5.81. The van der Waals surface area contributed by atoms with Gasteiger partial charge in [0.15, 0.2) is 5.76 Å². The van der Waals surface area contributed by atoms with Gasteiger partial charge < -0.3 is 14.6 Å². The first-order valence-corrected chi connectivity index (χ1v) is 7.75. The molecule has 1 aromatic heterocycles. The summed E-state index contributed by atoms with van der Waals surface area (Å²) in [6.45, 7) is 4.20. The molecular formula is C17H21N3O2. The van der Waals surface area contributed by atoms with E-state index in [2.05, 4.69) is 17.2 Å². The molecule has 0 bridgehead atoms. The fourth-order valence-corrected chi connectivity index (χ4v) is 2.60. The van der Waals surface area contributed by atoms with Gasteiger partial charge in [-0.1, -0.05) is 37.3 Å². The second kappa shape index (κ2) is 6.64. The Kier molecular flexibility index (Phi) is 4.42. The highest BCUT2D eigenvalue weighted by molar-refractivity contribution is 5.74. The topological polar surface area (TPSA) is 58.4 Å². The van der Waals surface area contributed by atoms with Crippen LogP contribution in [0.25, 0.3) is 11.3 Å². The number of rotatable bonds is 3. The SMILES string of the molecule is CC1CCN(C(=O)NCc2ncc(-c3ccccc3)o2)CC1. The number of aromatic nitrogens is 1. The van der Waals surface area contributed by atoms with Crippen LogP contribution in [0, 0.1) is 5.92 Å². The maximum absolute atomic E-state index is 12.1. The van der Waals surface area contributed by atoms with Crippen LogP contribution in [0.5, 0.6) is 0 Å². The molecule has 0 unspecified atom stereocenters. The summed E-state index contributed by atoms with van der Waals surface area (Å²) in [4.78, 5) is 18.2. The summed E-state index contributed by atoms with van der Waals surface area (Å²) < 4.78 is 5.68. The van der Waals surface area contributed by atoms with Gasteiger partial charge in [-0.25, -0.2) is 9.78 Å². The molecule has 3 rings (SSSR count). The number of oxazole rings is 1. The van der Waals surface area contributed by atoms with Crippen LogP contribution in [-0.4, -0.2) is 29.0 Å². The predicted octanol–water partition coefficient (Wildman–Crippen LogP) is 3.28. The van der Waals surface area contributed by atoms with Crippen LogP contribution in [0.3, 0.4) is 0 Å². The van der Waals surface area contributed by atoms with Crippen molar-refractivity contribution in [2.75, 3.05) is 13.1 Å². The van der Waals surface area contributed by atoms with Gasteiger partial charge in [0.25, 0.3) is 0 Å². The average Bonchev–Trinajstić information content (AvgIpc) is 3.03. The molecule has 116 valence electrons. The zero-order valence-electron chi connectivity index (χ0n) is 12.8. The number of benzene rings is 1. The summed E-state index contributed by atoms with van der Waals surface area (Å²) in [5.74, 6) is 1.96. The number of nitrogens with one attached hydrogen (secondary N) is 1. The standard InChI is InChI=1S/C17H21N3O2/c1-13-7-9-20(10-8-13)17(21)19-12-16-18-11-15(22-16)14-5-3-2-4-6-14/h2-6,11,13H,7-10,12H2,1H3,(H,19,21). The van der Waals surface area contributed by atoms with Crippen molar-refractivity contribution in [3.05, 3.63) is 42.4 Å². The summed E-state index contributed by atoms with van der Waals surface area (Å²) in [6.07, 6.45) is 3.84. The molecule has 5 nitrogen and oxygen atoms in total. The van der Waals surface area contributed by atoms with E-state index in [9.17, 15) is 4.79 Å². The number of hydrogen-bond donors (Lipinski definition) is 1. The van der Waals surface area contributed by atoms with E-state index in [0.717, 1.165) is 37.3 Å². The van der Waals surface area contributed by atoms with Gasteiger partial charge in [-0.2, -0.15) is 0 Å². The predicted molar refractivity (Wildman–Crippen MR) is 84.1 cm³/mol. The monoisotopic (exact) mass is 299 g/mol. The van der Waals surface area contributed by atoms with Gasteiger partial charge in [0.05, 0.1) is 12.7 Å². The smallest absolute Gasteiger partial charge is 0.317 e. The summed E-state index contributed by atoms with van der Waals surface area (Å²) in [6, 6.07) is 9.77. The Labute approximate surface area is 130 Å². The molecule has 0 aliphatic carbocycles. The van der Waals surface area contributed by atoms with Crippen molar-refractivity contribution in [3.8, 4) is 11.3 Å². The quantitative estimate of drug-likeness (QED) is 0.946. The van der Waals surface area contributed by atoms with Crippen molar-refractivity contribution in [2.45, 2.75) is 26.3 Å². The van der Waals surface area contributed by atoms with Crippen molar-refractivity contribution in [3.63, 3.8) is 0 Å². The second-order valence-corrected chi connectivity index (χ2v) is 5.81. The molecule has 1 N–H and O–H groups in total. The van der Waals surface area contributed by atoms with E-state index >= 15 is 0 Å². The van der Waals surface area contributed by atoms with Crippen molar-refractivity contribution >= 4 is 6.03 Å². The maximum Gasteiger partial charge on any atom is 0.317 e. The van der Waals surface area contributed by atoms with Crippen LogP contribution in [-0.2, 0) is 6.54 Å². The number of hydrogen-bond acceptors (Lipinski definition) is 3. The maximum atomic E-state index is 12.1. The van der Waals surface area contributed by atoms with E-state index in [1.165, 1.54) is 0 Å². The molecule has 0 saturated carbocycles. The molecule has 1 aliphatic heterocycles. The van der Waals surface area contributed by atoms with Gasteiger partial charge >= 0.3 is 6.03 Å². The van der Waals surface area contributed by atoms with Gasteiger partial charge in [0, 0.05) is 18.7 Å². The van der Waals surface area contributed by atoms with Gasteiger partial charge in [0.1, 0.15) is 0 Å². The van der Waals surface area contributed by atoms with E-state index in [4.69, 9.17) is 4.42 Å². The van der Waals surface area contributed by atoms with Gasteiger partial charge in [-0.15, -0.1) is 0 Å². The number of carbonyl (C=O) groups excluding carboxylic acids is 1. The normalized spacial score (nSPS) is 15.8. The molecule has 0 spiro atoms. The Morgan fingerprint density at radius 1 is 1.32 bits per heavy atom. The highest BCUT2D eigenvalue weighted by Crippen LogP contribution is 2.20. The van der Waals surface area contributed by atoms with E-state index in [1.54, 1.807) is 6.20 Å². The summed E-state index contributed by atoms with van der Waals surface area (Å²) in [7, 11) is 0. The van der Waals surface area contributed by atoms with Crippen molar-refractivity contribution in [1.29, 1.82) is 0 Å². The van der Waals surface area contributed by atoms with Crippen LogP contribution in [0.1, 0.15) is 25.7 Å². The van der Waals surface area contributed by atoms with Gasteiger partial charge in [-0.05, 0) is 18.8 Å². The Balaban J connectivity index is 1.54. The lowest BCUT2D eigenvalue weighted by molar-refractivity contribution is 0.172. The third-order valence-corrected chi connectivity index (χ3v) is 4.07. The molecule has 2 amide bonds. The van der Waals surface area contributed by atoms with E-state index in [-0.39, 0.29) is 6.03 Å². The van der Waals surface area contributed by atoms with E-state index in [1.807, 2.05) is 35.2 Å². The van der Waals surface area contributed by atoms with Crippen LogP contribution >= 0.6 is 0 Å². The minimum Gasteiger partial charge on any atom is -0.439 e. The van der Waals surface area contributed by atoms with Crippen LogP contribution in [0.15, 0.2) is 40.9 Å². The minimum absolute atomic E-state index is 0.0358. The summed E-state index contributed by atoms with van der Waals surface area (Å²) >= 11 is 0. The van der Waals surface area contributed by atoms with E-state index in [0.29, 0.717) is 18.4 Å². The molecule has 2 heterocycles. The fraction of sp³-hybridized carbons (Fsp3) is 0.412. The minimum atomic E-state index is -0.0358. The van der Waals surface area contributed by atoms with Gasteiger partial charge in [0.2, 0.25) is 5.89 Å². The van der Waals surface area contributed by atoms with Crippen LogP contribution < -0.4 is 5.32 Å². The molecule has 2 aromatic rings. The number of piperidine rings is 1. The first-order chi connectivity index (χ1) is 10.7. The highest BCUT2D eigenvalue weighted by Gasteiger charge is 2.20. The third-order valence-electron chi connectivity index (χ3n) is 4.07. The van der Waals surface area contributed by atoms with Crippen LogP contribution in [0.2, 0.25) is 0 Å². The third kappa shape index (κ3) is 3.47. The summed E-state index contributed by atoms with van der Waals surface area (Å²) in [5, 5.41) is 2.88. The zero-order valence-corrected chi connectivity index (χ0v) is 12.8. The lowest BCUT2D eigenvalue weighted by Gasteiger charge is -2.30. The molecule has 1 aromatic carbocycles. The molecular weight excluding hydrogens is 278 g/mol. The van der Waals surface area contributed by atoms with Crippen molar-refractivity contribution in [2.24, 2.45) is 5.92 Å². The molecule has 22 heavy (non-hydrogen) atoms. The van der Waals surface area contributed by atoms with Crippen molar-refractivity contribution < 1.29 is 9.21 Å². The lowest BCUT2D eigenvalue weighted by atomic mass is 10.00. The van der Waals surface area contributed by atoms with Gasteiger partial charge in [-0.3, -0.25) is 0 Å². The molecule has 1 aliphatic rings. The number of carbonyl (C=O) groups is 1.